The zero-order valence-corrected chi connectivity index (χ0v) is 14.3. The van der Waals surface area contributed by atoms with Gasteiger partial charge in [0.2, 0.25) is 8.03 Å². The molecule has 5 atom stereocenters. The van der Waals surface area contributed by atoms with Gasteiger partial charge in [-0.1, -0.05) is 35.5 Å². The molecule has 9 heteroatoms. The third-order valence-corrected chi connectivity index (χ3v) is 4.42. The molecule has 1 aromatic rings. The van der Waals surface area contributed by atoms with Crippen LogP contribution in [0.25, 0.3) is 0 Å². The minimum Gasteiger partial charge on any atom is -0.391 e. The van der Waals surface area contributed by atoms with E-state index in [1.807, 2.05) is 30.3 Å². The van der Waals surface area contributed by atoms with Crippen LogP contribution in [0.5, 0.6) is 0 Å². The van der Waals surface area contributed by atoms with Crippen molar-refractivity contribution < 1.29 is 33.6 Å². The van der Waals surface area contributed by atoms with Gasteiger partial charge in [0.1, 0.15) is 18.8 Å². The summed E-state index contributed by atoms with van der Waals surface area (Å²) >= 11 is 0. The Morgan fingerprint density at radius 1 is 1.29 bits per heavy atom. The Morgan fingerprint density at radius 2 is 1.96 bits per heavy atom. The molecule has 7 nitrogen and oxygen atoms in total. The molecule has 1 rings (SSSR count). The summed E-state index contributed by atoms with van der Waals surface area (Å²) in [7, 11) is -2.95. The van der Waals surface area contributed by atoms with E-state index in [9.17, 15) is 24.3 Å². The van der Waals surface area contributed by atoms with Crippen LogP contribution in [0.2, 0.25) is 0 Å². The Bertz CT molecular complexity index is 518. The highest BCUT2D eigenvalue weighted by Gasteiger charge is 2.29. The molecule has 136 valence electrons. The van der Waals surface area contributed by atoms with Crippen LogP contribution in [0.3, 0.4) is 0 Å². The zero-order valence-electron chi connectivity index (χ0n) is 13.3. The number of alkyl halides is 1. The highest BCUT2D eigenvalue weighted by atomic mass is 31.1. The molecular weight excluding hydrogens is 340 g/mol. The van der Waals surface area contributed by atoms with E-state index < -0.39 is 38.7 Å². The van der Waals surface area contributed by atoms with Crippen molar-refractivity contribution in [2.45, 2.75) is 44.2 Å². The Kier molecular flexibility index (Phi) is 9.75. The summed E-state index contributed by atoms with van der Waals surface area (Å²) in [5.41, 5.74) is 0.867. The van der Waals surface area contributed by atoms with Crippen molar-refractivity contribution in [1.29, 1.82) is 0 Å². The highest BCUT2D eigenvalue weighted by molar-refractivity contribution is 7.39. The molecular formula is C15H23FNO6P. The fourth-order valence-corrected chi connectivity index (χ4v) is 2.69. The number of hydrogen-bond acceptors (Lipinski definition) is 7. The molecule has 0 saturated heterocycles. The van der Waals surface area contributed by atoms with Gasteiger partial charge in [-0.25, -0.2) is 4.39 Å². The number of hydrogen-bond donors (Lipinski definition) is 3. The lowest BCUT2D eigenvalue weighted by molar-refractivity contribution is -0.0413. The lowest BCUT2D eigenvalue weighted by Gasteiger charge is -2.21. The summed E-state index contributed by atoms with van der Waals surface area (Å²) in [6, 6.07) is 9.17. The highest BCUT2D eigenvalue weighted by Crippen LogP contribution is 2.33. The molecule has 0 heterocycles. The number of nitrogens with zero attached hydrogens (tertiary/aromatic N) is 1. The average molecular weight is 363 g/mol. The minimum atomic E-state index is -2.95. The van der Waals surface area contributed by atoms with Gasteiger partial charge < -0.3 is 24.7 Å². The van der Waals surface area contributed by atoms with E-state index in [2.05, 4.69) is 9.68 Å². The second-order valence-electron chi connectivity index (χ2n) is 5.02. The van der Waals surface area contributed by atoms with Gasteiger partial charge in [-0.3, -0.25) is 4.57 Å². The summed E-state index contributed by atoms with van der Waals surface area (Å²) in [4.78, 5) is 4.95. The molecule has 0 aromatic heterocycles. The predicted molar refractivity (Wildman–Crippen MR) is 87.9 cm³/mol. The van der Waals surface area contributed by atoms with Crippen molar-refractivity contribution in [3.8, 4) is 0 Å². The maximum atomic E-state index is 13.5. The molecule has 24 heavy (non-hydrogen) atoms. The smallest absolute Gasteiger partial charge is 0.224 e. The number of rotatable bonds is 11. The Morgan fingerprint density at radius 3 is 2.58 bits per heavy atom. The monoisotopic (exact) mass is 363 g/mol. The first kappa shape index (κ1) is 20.7. The number of aliphatic hydroxyl groups excluding tert-OH is 3. The number of oxime groups is 1. The van der Waals surface area contributed by atoms with E-state index in [4.69, 9.17) is 4.84 Å². The van der Waals surface area contributed by atoms with E-state index in [-0.39, 0.29) is 13.2 Å². The molecule has 3 N–H and O–H groups in total. The number of aliphatic hydroxyl groups is 3. The van der Waals surface area contributed by atoms with E-state index in [0.717, 1.165) is 11.8 Å². The van der Waals surface area contributed by atoms with Crippen molar-refractivity contribution >= 4 is 14.2 Å². The molecule has 0 bridgehead atoms. The van der Waals surface area contributed by atoms with Crippen LogP contribution in [-0.4, -0.2) is 52.4 Å². The van der Waals surface area contributed by atoms with Crippen molar-refractivity contribution in [1.82, 2.24) is 0 Å². The summed E-state index contributed by atoms with van der Waals surface area (Å²) < 4.78 is 29.5. The van der Waals surface area contributed by atoms with Crippen LogP contribution in [0.4, 0.5) is 4.39 Å². The topological polar surface area (TPSA) is 109 Å². The maximum Gasteiger partial charge on any atom is 0.224 e. The van der Waals surface area contributed by atoms with Crippen molar-refractivity contribution in [3.63, 3.8) is 0 Å². The minimum absolute atomic E-state index is 0.0882. The summed E-state index contributed by atoms with van der Waals surface area (Å²) in [6.07, 6.45) is -4.59. The van der Waals surface area contributed by atoms with E-state index >= 15 is 0 Å². The first-order chi connectivity index (χ1) is 11.5. The molecule has 0 saturated carbocycles. The van der Waals surface area contributed by atoms with Gasteiger partial charge in [-0.15, -0.1) is 0 Å². The molecule has 1 aromatic carbocycles. The SMILES string of the molecule is CCO[PH](=O)C(F)C[C@@H](O)[C@@H](O)[C@@H](O)C=NOCc1ccccc1. The van der Waals surface area contributed by atoms with E-state index in [1.165, 1.54) is 0 Å². The van der Waals surface area contributed by atoms with Crippen LogP contribution in [0.15, 0.2) is 35.5 Å². The van der Waals surface area contributed by atoms with Crippen LogP contribution in [0, 0.1) is 0 Å². The van der Waals surface area contributed by atoms with Gasteiger partial charge in [0.15, 0.2) is 5.91 Å². The van der Waals surface area contributed by atoms with E-state index in [1.54, 1.807) is 6.92 Å². The third-order valence-electron chi connectivity index (χ3n) is 3.10. The lowest BCUT2D eigenvalue weighted by atomic mass is 10.1. The van der Waals surface area contributed by atoms with Crippen LogP contribution >= 0.6 is 8.03 Å². The molecule has 2 unspecified atom stereocenters. The second-order valence-corrected chi connectivity index (χ2v) is 6.57. The second kappa shape index (κ2) is 11.3. The van der Waals surface area contributed by atoms with Crippen LogP contribution in [-0.2, 0) is 20.5 Å². The Labute approximate surface area is 140 Å². The summed E-state index contributed by atoms with van der Waals surface area (Å²) in [5, 5.41) is 32.6. The predicted octanol–water partition coefficient (Wildman–Crippen LogP) is 1.47. The molecule has 0 aliphatic carbocycles. The standard InChI is InChI=1S/C15H23FNO6P/c1-2-23-24(21)14(16)8-12(18)15(20)13(19)9-17-22-10-11-6-4-3-5-7-11/h3-7,9,12-15,18-20,24H,2,8,10H2,1H3/t12-,13+,14?,15-/m1/s1. The fraction of sp³-hybridized carbons (Fsp3) is 0.533. The zero-order chi connectivity index (χ0) is 17.9. The first-order valence-electron chi connectivity index (χ1n) is 7.50. The maximum absolute atomic E-state index is 13.5. The van der Waals surface area contributed by atoms with Crippen molar-refractivity contribution in [2.75, 3.05) is 6.61 Å². The quantitative estimate of drug-likeness (QED) is 0.312. The van der Waals surface area contributed by atoms with Crippen molar-refractivity contribution in [3.05, 3.63) is 35.9 Å². The average Bonchev–Trinajstić information content (AvgIpc) is 2.58. The van der Waals surface area contributed by atoms with Gasteiger partial charge in [-0.2, -0.15) is 0 Å². The van der Waals surface area contributed by atoms with E-state index in [0.29, 0.717) is 0 Å². The van der Waals surface area contributed by atoms with Gasteiger partial charge in [0, 0.05) is 6.42 Å². The molecule has 0 spiro atoms. The van der Waals surface area contributed by atoms with Crippen LogP contribution in [0.1, 0.15) is 18.9 Å². The summed E-state index contributed by atoms with van der Waals surface area (Å²) in [6.45, 7) is 1.83. The molecule has 0 fully saturated rings. The first-order valence-corrected chi connectivity index (χ1v) is 8.89. The van der Waals surface area contributed by atoms with Gasteiger partial charge in [0.25, 0.3) is 0 Å². The van der Waals surface area contributed by atoms with Crippen molar-refractivity contribution in [2.24, 2.45) is 5.16 Å². The fourth-order valence-electron chi connectivity index (χ4n) is 1.79. The number of halogens is 1. The third kappa shape index (κ3) is 7.51. The molecule has 0 amide bonds. The molecule has 0 radical (unpaired) electrons. The van der Waals surface area contributed by atoms with Crippen LogP contribution < -0.4 is 0 Å². The lowest BCUT2D eigenvalue weighted by Crippen LogP contribution is -2.39. The Balaban J connectivity index is 2.38. The van der Waals surface area contributed by atoms with Gasteiger partial charge >= 0.3 is 0 Å². The molecule has 0 aliphatic heterocycles. The summed E-state index contributed by atoms with van der Waals surface area (Å²) in [5.74, 6) is -1.90. The largest absolute Gasteiger partial charge is 0.391 e. The molecule has 0 aliphatic rings. The number of benzene rings is 1. The van der Waals surface area contributed by atoms with Gasteiger partial charge in [-0.05, 0) is 12.5 Å². The Hall–Kier alpha value is -1.31. The normalized spacial score (nSPS) is 18.0. The van der Waals surface area contributed by atoms with Gasteiger partial charge in [0.05, 0.1) is 18.9 Å².